The van der Waals surface area contributed by atoms with Gasteiger partial charge < -0.3 is 4.74 Å². The van der Waals surface area contributed by atoms with Crippen LogP contribution in [0.5, 0.6) is 0 Å². The molecule has 0 N–H and O–H groups in total. The van der Waals surface area contributed by atoms with Crippen LogP contribution >= 0.6 is 11.6 Å². The molecule has 0 bridgehead atoms. The van der Waals surface area contributed by atoms with Gasteiger partial charge in [-0.2, -0.15) is 0 Å². The summed E-state index contributed by atoms with van der Waals surface area (Å²) >= 11 is 6.40. The Morgan fingerprint density at radius 3 is 2.82 bits per heavy atom. The summed E-state index contributed by atoms with van der Waals surface area (Å²) in [6, 6.07) is 2.64. The molecule has 1 heterocycles. The fraction of sp³-hybridized carbons (Fsp3) is 0.471. The van der Waals surface area contributed by atoms with Gasteiger partial charge in [0.1, 0.15) is 18.2 Å². The molecule has 28 heavy (non-hydrogen) atoms. The van der Waals surface area contributed by atoms with E-state index in [1.54, 1.807) is 0 Å². The SMILES string of the molecule is CS(=O)(=O)c1ccc(C(=O)OC2CCCCC(=O)C2)c(Cl)c1Cn1cnnn1. The predicted molar refractivity (Wildman–Crippen MR) is 98.8 cm³/mol. The Balaban J connectivity index is 1.92. The van der Waals surface area contributed by atoms with Crippen LogP contribution in [0.1, 0.15) is 48.0 Å². The van der Waals surface area contributed by atoms with Crippen LogP contribution in [0, 0.1) is 0 Å². The Morgan fingerprint density at radius 1 is 1.36 bits per heavy atom. The van der Waals surface area contributed by atoms with Crippen molar-refractivity contribution in [1.82, 2.24) is 20.2 Å². The van der Waals surface area contributed by atoms with E-state index in [4.69, 9.17) is 16.3 Å². The number of halogens is 1. The standard InChI is InChI=1S/C17H19ClN4O5S/c1-28(25,26)15-7-6-13(16(18)14(15)9-22-10-19-20-21-22)17(24)27-12-5-3-2-4-11(23)8-12/h6-7,10,12H,2-5,8-9H2,1H3. The number of aromatic nitrogens is 4. The van der Waals surface area contributed by atoms with Gasteiger partial charge in [0.25, 0.3) is 0 Å². The minimum Gasteiger partial charge on any atom is -0.458 e. The molecule has 0 saturated heterocycles. The average Bonchev–Trinajstić information content (AvgIpc) is 3.03. The Bertz CT molecular complexity index is 991. The number of carbonyl (C=O) groups is 2. The smallest absolute Gasteiger partial charge is 0.339 e. The molecule has 0 aliphatic heterocycles. The molecule has 11 heteroatoms. The quantitative estimate of drug-likeness (QED) is 0.524. The maximum atomic E-state index is 12.7. The van der Waals surface area contributed by atoms with E-state index in [1.165, 1.54) is 23.1 Å². The molecule has 1 aromatic carbocycles. The zero-order valence-corrected chi connectivity index (χ0v) is 16.7. The average molecular weight is 427 g/mol. The van der Waals surface area contributed by atoms with Crippen molar-refractivity contribution in [3.63, 3.8) is 0 Å². The summed E-state index contributed by atoms with van der Waals surface area (Å²) in [5.41, 5.74) is 0.233. The lowest BCUT2D eigenvalue weighted by Crippen LogP contribution is -2.21. The van der Waals surface area contributed by atoms with Crippen LogP contribution in [-0.2, 0) is 25.9 Å². The number of hydrogen-bond donors (Lipinski definition) is 0. The molecule has 0 spiro atoms. The summed E-state index contributed by atoms with van der Waals surface area (Å²) in [7, 11) is -3.60. The van der Waals surface area contributed by atoms with Crippen molar-refractivity contribution >= 4 is 33.2 Å². The molecular formula is C17H19ClN4O5S. The number of hydrogen-bond acceptors (Lipinski definition) is 8. The molecule has 1 aromatic heterocycles. The zero-order valence-electron chi connectivity index (χ0n) is 15.2. The first-order chi connectivity index (χ1) is 13.3. The monoisotopic (exact) mass is 426 g/mol. The normalized spacial score (nSPS) is 17.9. The lowest BCUT2D eigenvalue weighted by molar-refractivity contribution is -0.120. The Kier molecular flexibility index (Phi) is 6.09. The van der Waals surface area contributed by atoms with E-state index in [9.17, 15) is 18.0 Å². The van der Waals surface area contributed by atoms with Gasteiger partial charge in [-0.1, -0.05) is 11.6 Å². The van der Waals surface area contributed by atoms with Crippen LogP contribution in [0.25, 0.3) is 0 Å². The Hall–Kier alpha value is -2.33. The molecule has 0 amide bonds. The largest absolute Gasteiger partial charge is 0.458 e. The second-order valence-corrected chi connectivity index (χ2v) is 9.06. The molecule has 9 nitrogen and oxygen atoms in total. The third-order valence-corrected chi connectivity index (χ3v) is 6.11. The maximum Gasteiger partial charge on any atom is 0.339 e. The zero-order chi connectivity index (χ0) is 20.3. The molecule has 0 radical (unpaired) electrons. The number of Topliss-reactive ketones (excluding diaryl/α,β-unsaturated/α-hetero) is 1. The van der Waals surface area contributed by atoms with Crippen molar-refractivity contribution in [3.8, 4) is 0 Å². The predicted octanol–water partition coefficient (Wildman–Crippen LogP) is 1.84. The van der Waals surface area contributed by atoms with Crippen LogP contribution in [0.2, 0.25) is 5.02 Å². The van der Waals surface area contributed by atoms with Gasteiger partial charge in [0, 0.05) is 24.7 Å². The topological polar surface area (TPSA) is 121 Å². The van der Waals surface area contributed by atoms with E-state index in [0.29, 0.717) is 12.8 Å². The Labute approximate surface area is 166 Å². The summed E-state index contributed by atoms with van der Waals surface area (Å²) < 4.78 is 31.1. The third-order valence-electron chi connectivity index (χ3n) is 4.49. The molecule has 1 aliphatic carbocycles. The van der Waals surface area contributed by atoms with Crippen LogP contribution < -0.4 is 0 Å². The molecule has 1 unspecified atom stereocenters. The summed E-state index contributed by atoms with van der Waals surface area (Å²) in [5, 5.41) is 10.7. The molecule has 2 aromatic rings. The first-order valence-electron chi connectivity index (χ1n) is 8.70. The molecule has 1 fully saturated rings. The highest BCUT2D eigenvalue weighted by Crippen LogP contribution is 2.30. The molecule has 1 aliphatic rings. The van der Waals surface area contributed by atoms with Gasteiger partial charge in [0.2, 0.25) is 0 Å². The highest BCUT2D eigenvalue weighted by Gasteiger charge is 2.26. The van der Waals surface area contributed by atoms with E-state index >= 15 is 0 Å². The van der Waals surface area contributed by atoms with Gasteiger partial charge in [-0.25, -0.2) is 17.9 Å². The number of nitrogens with zero attached hydrogens (tertiary/aromatic N) is 4. The van der Waals surface area contributed by atoms with E-state index < -0.39 is 21.9 Å². The maximum absolute atomic E-state index is 12.7. The van der Waals surface area contributed by atoms with Gasteiger partial charge in [-0.15, -0.1) is 5.10 Å². The molecule has 1 atom stereocenters. The lowest BCUT2D eigenvalue weighted by atomic mass is 10.1. The van der Waals surface area contributed by atoms with E-state index in [1.807, 2.05) is 0 Å². The number of esters is 1. The van der Waals surface area contributed by atoms with Crippen molar-refractivity contribution in [2.45, 2.75) is 49.6 Å². The minimum absolute atomic E-state index is 0.0193. The fourth-order valence-corrected chi connectivity index (χ4v) is 4.43. The van der Waals surface area contributed by atoms with Crippen molar-refractivity contribution < 1.29 is 22.7 Å². The summed E-state index contributed by atoms with van der Waals surface area (Å²) in [6.07, 6.45) is 4.73. The number of ketones is 1. The van der Waals surface area contributed by atoms with Crippen LogP contribution in [0.3, 0.4) is 0 Å². The number of rotatable bonds is 5. The van der Waals surface area contributed by atoms with Gasteiger partial charge in [-0.05, 0) is 41.8 Å². The summed E-state index contributed by atoms with van der Waals surface area (Å²) in [4.78, 5) is 24.4. The van der Waals surface area contributed by atoms with Gasteiger partial charge in [0.15, 0.2) is 9.84 Å². The summed E-state index contributed by atoms with van der Waals surface area (Å²) in [5.74, 6) is -0.629. The van der Waals surface area contributed by atoms with Crippen molar-refractivity contribution in [2.24, 2.45) is 0 Å². The molecule has 1 saturated carbocycles. The van der Waals surface area contributed by atoms with Gasteiger partial charge in [-0.3, -0.25) is 4.79 Å². The molecule has 150 valence electrons. The fourth-order valence-electron chi connectivity index (χ4n) is 3.14. The first-order valence-corrected chi connectivity index (χ1v) is 11.0. The van der Waals surface area contributed by atoms with Crippen molar-refractivity contribution in [1.29, 1.82) is 0 Å². The summed E-state index contributed by atoms with van der Waals surface area (Å²) in [6.45, 7) is -0.0305. The number of tetrazole rings is 1. The third kappa shape index (κ3) is 4.74. The van der Waals surface area contributed by atoms with Crippen LogP contribution in [-0.4, -0.2) is 52.7 Å². The molecule has 3 rings (SSSR count). The van der Waals surface area contributed by atoms with E-state index in [-0.39, 0.29) is 39.8 Å². The van der Waals surface area contributed by atoms with Crippen molar-refractivity contribution in [2.75, 3.05) is 6.26 Å². The van der Waals surface area contributed by atoms with Gasteiger partial charge >= 0.3 is 5.97 Å². The highest BCUT2D eigenvalue weighted by atomic mass is 35.5. The first kappa shape index (κ1) is 20.4. The van der Waals surface area contributed by atoms with Crippen LogP contribution in [0.4, 0.5) is 0 Å². The van der Waals surface area contributed by atoms with Crippen LogP contribution in [0.15, 0.2) is 23.4 Å². The van der Waals surface area contributed by atoms with Gasteiger partial charge in [0.05, 0.1) is 22.0 Å². The Morgan fingerprint density at radius 2 is 2.14 bits per heavy atom. The number of carbonyl (C=O) groups excluding carboxylic acids is 2. The number of ether oxygens (including phenoxy) is 1. The second kappa shape index (κ2) is 8.36. The lowest BCUT2D eigenvalue weighted by Gasteiger charge is -2.17. The molecular weight excluding hydrogens is 408 g/mol. The number of benzene rings is 1. The minimum atomic E-state index is -3.60. The number of sulfone groups is 1. The van der Waals surface area contributed by atoms with E-state index in [0.717, 1.165) is 19.1 Å². The highest BCUT2D eigenvalue weighted by molar-refractivity contribution is 7.90. The van der Waals surface area contributed by atoms with Crippen molar-refractivity contribution in [3.05, 3.63) is 34.6 Å². The van der Waals surface area contributed by atoms with E-state index in [2.05, 4.69) is 15.5 Å². The second-order valence-electron chi connectivity index (χ2n) is 6.70.